The van der Waals surface area contributed by atoms with Crippen LogP contribution in [0.1, 0.15) is 20.8 Å². The van der Waals surface area contributed by atoms with Gasteiger partial charge in [-0.3, -0.25) is 0 Å². The fourth-order valence-corrected chi connectivity index (χ4v) is 0.720. The first kappa shape index (κ1) is 12.7. The van der Waals surface area contributed by atoms with Crippen molar-refractivity contribution in [3.63, 3.8) is 0 Å². The number of amides is 2. The highest BCUT2D eigenvalue weighted by atomic mass is 16.4. The summed E-state index contributed by atoms with van der Waals surface area (Å²) in [5.41, 5.74) is -0.442. The molecule has 1 atom stereocenters. The van der Waals surface area contributed by atoms with E-state index in [0.29, 0.717) is 0 Å². The smallest absolute Gasteiger partial charge is 0.328 e. The molecular formula is C8H16N2O4. The van der Waals surface area contributed by atoms with Crippen molar-refractivity contribution in [3.05, 3.63) is 0 Å². The zero-order valence-electron chi connectivity index (χ0n) is 8.50. The highest BCUT2D eigenvalue weighted by molar-refractivity contribution is 5.82. The Morgan fingerprint density at radius 3 is 2.14 bits per heavy atom. The summed E-state index contributed by atoms with van der Waals surface area (Å²) in [5.74, 6) is -1.27. The first-order valence-corrected chi connectivity index (χ1v) is 4.18. The summed E-state index contributed by atoms with van der Waals surface area (Å²) in [4.78, 5) is 21.6. The maximum Gasteiger partial charge on any atom is 0.328 e. The molecule has 0 bridgehead atoms. The molecule has 0 spiro atoms. The van der Waals surface area contributed by atoms with Crippen LogP contribution < -0.4 is 10.6 Å². The number of carbonyl (C=O) groups excluding carboxylic acids is 1. The summed E-state index contributed by atoms with van der Waals surface area (Å²) in [6, 6.07) is -1.88. The molecule has 0 aliphatic heterocycles. The Labute approximate surface area is 82.3 Å². The summed E-state index contributed by atoms with van der Waals surface area (Å²) in [5, 5.41) is 21.8. The van der Waals surface area contributed by atoms with Crippen molar-refractivity contribution in [1.29, 1.82) is 0 Å². The maximum atomic E-state index is 11.1. The molecule has 2 amide bonds. The lowest BCUT2D eigenvalue weighted by atomic mass is 10.1. The largest absolute Gasteiger partial charge is 0.480 e. The molecule has 4 N–H and O–H groups in total. The van der Waals surface area contributed by atoms with E-state index in [0.717, 1.165) is 0 Å². The van der Waals surface area contributed by atoms with E-state index in [4.69, 9.17) is 10.2 Å². The minimum absolute atomic E-state index is 0.442. The van der Waals surface area contributed by atoms with E-state index in [1.54, 1.807) is 20.8 Å². The molecule has 6 nitrogen and oxygen atoms in total. The monoisotopic (exact) mass is 204 g/mol. The van der Waals surface area contributed by atoms with Gasteiger partial charge < -0.3 is 20.8 Å². The van der Waals surface area contributed by atoms with Gasteiger partial charge in [-0.05, 0) is 20.8 Å². The molecule has 0 aliphatic carbocycles. The van der Waals surface area contributed by atoms with Crippen LogP contribution in [0.5, 0.6) is 0 Å². The van der Waals surface area contributed by atoms with E-state index >= 15 is 0 Å². The lowest BCUT2D eigenvalue weighted by Crippen LogP contribution is -2.52. The van der Waals surface area contributed by atoms with Crippen LogP contribution in [0.15, 0.2) is 0 Å². The molecule has 0 aromatic heterocycles. The third-order valence-corrected chi connectivity index (χ3v) is 1.27. The van der Waals surface area contributed by atoms with Crippen molar-refractivity contribution in [1.82, 2.24) is 10.6 Å². The van der Waals surface area contributed by atoms with Crippen LogP contribution in [-0.4, -0.2) is 40.4 Å². The number of nitrogens with one attached hydrogen (secondary N) is 2. The Kier molecular flexibility index (Phi) is 4.36. The quantitative estimate of drug-likeness (QED) is 0.499. The van der Waals surface area contributed by atoms with Gasteiger partial charge in [0.15, 0.2) is 6.04 Å². The molecule has 14 heavy (non-hydrogen) atoms. The van der Waals surface area contributed by atoms with E-state index in [1.807, 2.05) is 0 Å². The van der Waals surface area contributed by atoms with Crippen LogP contribution in [0, 0.1) is 0 Å². The second-order valence-electron chi connectivity index (χ2n) is 3.92. The summed E-state index contributed by atoms with van der Waals surface area (Å²) in [7, 11) is 0. The van der Waals surface area contributed by atoms with Gasteiger partial charge in [0.1, 0.15) is 0 Å². The molecule has 0 saturated carbocycles. The number of aliphatic carboxylic acids is 1. The van der Waals surface area contributed by atoms with Crippen molar-refractivity contribution in [2.24, 2.45) is 0 Å². The second kappa shape index (κ2) is 4.80. The molecule has 0 saturated heterocycles. The molecular weight excluding hydrogens is 188 g/mol. The Morgan fingerprint density at radius 2 is 1.86 bits per heavy atom. The summed E-state index contributed by atoms with van der Waals surface area (Å²) < 4.78 is 0. The Balaban J connectivity index is 4.11. The number of urea groups is 1. The number of carboxylic acid groups (broad SMARTS) is 1. The maximum absolute atomic E-state index is 11.1. The number of aliphatic hydroxyl groups excluding tert-OH is 1. The minimum Gasteiger partial charge on any atom is -0.480 e. The number of hydrogen-bond donors (Lipinski definition) is 4. The van der Waals surface area contributed by atoms with Gasteiger partial charge in [-0.15, -0.1) is 0 Å². The molecule has 0 unspecified atom stereocenters. The number of carboxylic acids is 1. The third kappa shape index (κ3) is 5.36. The summed E-state index contributed by atoms with van der Waals surface area (Å²) in [6.07, 6.45) is 0. The average Bonchev–Trinajstić information content (AvgIpc) is 1.96. The number of rotatable bonds is 3. The highest BCUT2D eigenvalue weighted by Gasteiger charge is 2.21. The van der Waals surface area contributed by atoms with Crippen LogP contribution in [0.4, 0.5) is 4.79 Å². The number of aliphatic hydroxyl groups is 1. The van der Waals surface area contributed by atoms with Crippen LogP contribution in [0.3, 0.4) is 0 Å². The van der Waals surface area contributed by atoms with Crippen molar-refractivity contribution >= 4 is 12.0 Å². The normalized spacial score (nSPS) is 13.1. The molecule has 0 aromatic carbocycles. The third-order valence-electron chi connectivity index (χ3n) is 1.27. The van der Waals surface area contributed by atoms with Gasteiger partial charge in [0, 0.05) is 5.54 Å². The molecule has 0 heterocycles. The van der Waals surface area contributed by atoms with E-state index in [2.05, 4.69) is 10.6 Å². The lowest BCUT2D eigenvalue weighted by molar-refractivity contribution is -0.140. The average molecular weight is 204 g/mol. The molecule has 0 radical (unpaired) electrons. The Morgan fingerprint density at radius 1 is 1.36 bits per heavy atom. The lowest BCUT2D eigenvalue weighted by Gasteiger charge is -2.22. The van der Waals surface area contributed by atoms with Crippen molar-refractivity contribution < 1.29 is 19.8 Å². The van der Waals surface area contributed by atoms with Crippen molar-refractivity contribution in [2.45, 2.75) is 32.4 Å². The first-order valence-electron chi connectivity index (χ1n) is 4.18. The van der Waals surface area contributed by atoms with Crippen LogP contribution >= 0.6 is 0 Å². The fourth-order valence-electron chi connectivity index (χ4n) is 0.720. The predicted molar refractivity (Wildman–Crippen MR) is 49.9 cm³/mol. The molecule has 6 heteroatoms. The molecule has 0 aliphatic rings. The summed E-state index contributed by atoms with van der Waals surface area (Å²) in [6.45, 7) is 4.66. The van der Waals surface area contributed by atoms with Gasteiger partial charge in [-0.25, -0.2) is 9.59 Å². The SMILES string of the molecule is CC(C)(C)NC(=O)N[C@@H](CO)C(=O)O. The van der Waals surface area contributed by atoms with Gasteiger partial charge in [0.25, 0.3) is 0 Å². The number of hydrogen-bond acceptors (Lipinski definition) is 3. The van der Waals surface area contributed by atoms with Gasteiger partial charge in [0.2, 0.25) is 0 Å². The molecule has 0 rings (SSSR count). The second-order valence-corrected chi connectivity index (χ2v) is 3.92. The van der Waals surface area contributed by atoms with Gasteiger partial charge in [-0.1, -0.05) is 0 Å². The van der Waals surface area contributed by atoms with E-state index in [9.17, 15) is 9.59 Å². The van der Waals surface area contributed by atoms with Gasteiger partial charge in [-0.2, -0.15) is 0 Å². The van der Waals surface area contributed by atoms with Gasteiger partial charge >= 0.3 is 12.0 Å². The zero-order valence-corrected chi connectivity index (χ0v) is 8.50. The fraction of sp³-hybridized carbons (Fsp3) is 0.750. The van der Waals surface area contributed by atoms with Crippen LogP contribution in [-0.2, 0) is 4.79 Å². The van der Waals surface area contributed by atoms with Gasteiger partial charge in [0.05, 0.1) is 6.61 Å². The van der Waals surface area contributed by atoms with Crippen LogP contribution in [0.2, 0.25) is 0 Å². The number of carbonyl (C=O) groups is 2. The topological polar surface area (TPSA) is 98.7 Å². The van der Waals surface area contributed by atoms with Crippen molar-refractivity contribution in [3.8, 4) is 0 Å². The highest BCUT2D eigenvalue weighted by Crippen LogP contribution is 1.97. The predicted octanol–water partition coefficient (Wildman–Crippen LogP) is -0.470. The zero-order chi connectivity index (χ0) is 11.4. The van der Waals surface area contributed by atoms with E-state index in [1.165, 1.54) is 0 Å². The Bertz CT molecular complexity index is 222. The molecule has 82 valence electrons. The van der Waals surface area contributed by atoms with E-state index in [-0.39, 0.29) is 0 Å². The van der Waals surface area contributed by atoms with Crippen LogP contribution in [0.25, 0.3) is 0 Å². The summed E-state index contributed by atoms with van der Waals surface area (Å²) >= 11 is 0. The van der Waals surface area contributed by atoms with Crippen molar-refractivity contribution in [2.75, 3.05) is 6.61 Å². The first-order chi connectivity index (χ1) is 6.26. The Hall–Kier alpha value is -1.30. The minimum atomic E-state index is -1.27. The molecule has 0 aromatic rings. The van der Waals surface area contributed by atoms with E-state index < -0.39 is 30.2 Å². The standard InChI is InChI=1S/C8H16N2O4/c1-8(2,3)10-7(14)9-5(4-11)6(12)13/h5,11H,4H2,1-3H3,(H,12,13)(H2,9,10,14)/t5-/m0/s1. The molecule has 0 fully saturated rings.